The molecule has 0 saturated carbocycles. The highest BCUT2D eigenvalue weighted by Crippen LogP contribution is 2.33. The second kappa shape index (κ2) is 10.8. The number of nitrogens with zero attached hydrogens (tertiary/aromatic N) is 3. The second-order valence-corrected chi connectivity index (χ2v) is 8.55. The van der Waals surface area contributed by atoms with Gasteiger partial charge in [0.15, 0.2) is 0 Å². The van der Waals surface area contributed by atoms with Crippen molar-refractivity contribution in [2.75, 3.05) is 37.4 Å². The number of urea groups is 1. The highest BCUT2D eigenvalue weighted by atomic mass is 19.1. The molecule has 1 aromatic carbocycles. The van der Waals surface area contributed by atoms with Crippen LogP contribution in [0.4, 0.5) is 25.4 Å². The Labute approximate surface area is 198 Å². The van der Waals surface area contributed by atoms with Gasteiger partial charge in [-0.3, -0.25) is 14.8 Å². The van der Waals surface area contributed by atoms with Gasteiger partial charge in [0.2, 0.25) is 0 Å². The summed E-state index contributed by atoms with van der Waals surface area (Å²) in [6, 6.07) is 7.36. The van der Waals surface area contributed by atoms with E-state index in [4.69, 9.17) is 4.74 Å². The summed E-state index contributed by atoms with van der Waals surface area (Å²) < 4.78 is 19.9. The number of aryl methyl sites for hydroxylation is 1. The Hall–Kier alpha value is -3.24. The van der Waals surface area contributed by atoms with Gasteiger partial charge in [-0.1, -0.05) is 13.0 Å². The molecular weight excluding hydrogens is 441 g/mol. The molecule has 2 heterocycles. The molecule has 3 rings (SSSR count). The summed E-state index contributed by atoms with van der Waals surface area (Å²) in [6.07, 6.45) is 1.16. The Morgan fingerprint density at radius 2 is 2.03 bits per heavy atom. The molecule has 3 amide bonds. The fraction of sp³-hybridized carbons (Fsp3) is 0.458. The molecule has 10 heteroatoms. The largest absolute Gasteiger partial charge is 0.465 e. The van der Waals surface area contributed by atoms with Crippen LogP contribution in [-0.2, 0) is 11.3 Å². The number of hydrogen-bond acceptors (Lipinski definition) is 5. The monoisotopic (exact) mass is 473 g/mol. The quantitative estimate of drug-likeness (QED) is 0.558. The maximum Gasteiger partial charge on any atom is 0.407 e. The summed E-state index contributed by atoms with van der Waals surface area (Å²) in [4.78, 5) is 32.0. The van der Waals surface area contributed by atoms with Crippen LogP contribution in [0, 0.1) is 12.7 Å². The molecular formula is C24H32FN5O4. The Morgan fingerprint density at radius 1 is 1.26 bits per heavy atom. The molecule has 1 saturated heterocycles. The minimum Gasteiger partial charge on any atom is -0.465 e. The minimum absolute atomic E-state index is 0.0607. The van der Waals surface area contributed by atoms with Crippen molar-refractivity contribution in [3.05, 3.63) is 53.6 Å². The number of anilines is 2. The number of halogens is 1. The minimum atomic E-state index is -0.964. The molecule has 1 fully saturated rings. The molecule has 0 aliphatic carbocycles. The Bertz CT molecular complexity index is 1020. The number of rotatable bonds is 7. The van der Waals surface area contributed by atoms with Crippen LogP contribution in [-0.4, -0.2) is 70.4 Å². The molecule has 0 radical (unpaired) electrons. The van der Waals surface area contributed by atoms with E-state index in [1.807, 2.05) is 20.8 Å². The fourth-order valence-electron chi connectivity index (χ4n) is 4.58. The molecule has 3 N–H and O–H groups in total. The first kappa shape index (κ1) is 25.4. The predicted octanol–water partition coefficient (Wildman–Crippen LogP) is 4.15. The number of amides is 3. The third kappa shape index (κ3) is 5.45. The number of benzene rings is 1. The van der Waals surface area contributed by atoms with Crippen molar-refractivity contribution in [2.45, 2.75) is 45.3 Å². The third-order valence-electron chi connectivity index (χ3n) is 6.55. The zero-order chi connectivity index (χ0) is 24.9. The number of pyridine rings is 1. The average molecular weight is 474 g/mol. The summed E-state index contributed by atoms with van der Waals surface area (Å²) >= 11 is 0. The highest BCUT2D eigenvalue weighted by Gasteiger charge is 2.48. The van der Waals surface area contributed by atoms with Gasteiger partial charge in [-0.15, -0.1) is 0 Å². The summed E-state index contributed by atoms with van der Waals surface area (Å²) in [6.45, 7) is 7.40. The zero-order valence-corrected chi connectivity index (χ0v) is 20.0. The SMILES string of the molecule is CC[C@]1(COC)C(C)N(Cc2ccc(F)c(NC(=O)Nc3ccc(C)nc3)c2)CCN1C(=O)O. The summed E-state index contributed by atoms with van der Waals surface area (Å²) in [5.74, 6) is -0.549. The van der Waals surface area contributed by atoms with Crippen molar-refractivity contribution < 1.29 is 23.8 Å². The number of carboxylic acid groups (broad SMARTS) is 1. The van der Waals surface area contributed by atoms with Crippen LogP contribution >= 0.6 is 0 Å². The van der Waals surface area contributed by atoms with Gasteiger partial charge in [-0.2, -0.15) is 0 Å². The van der Waals surface area contributed by atoms with E-state index in [0.29, 0.717) is 31.7 Å². The van der Waals surface area contributed by atoms with Crippen LogP contribution in [0.25, 0.3) is 0 Å². The molecule has 0 spiro atoms. The number of hydrogen-bond donors (Lipinski definition) is 3. The molecule has 0 bridgehead atoms. The van der Waals surface area contributed by atoms with Gasteiger partial charge < -0.3 is 20.5 Å². The van der Waals surface area contributed by atoms with Gasteiger partial charge in [0.05, 0.1) is 29.7 Å². The standard InChI is InChI=1S/C24H32FN5O4/c1-5-24(15-34-4)17(3)29(10-11-30(24)23(32)33)14-18-7-9-20(25)21(12-18)28-22(31)27-19-8-6-16(2)26-13-19/h6-9,12-13,17H,5,10-11,14-15H2,1-4H3,(H,32,33)(H2,27,28,31)/t17?,24-/m0/s1. The van der Waals surface area contributed by atoms with Crippen molar-refractivity contribution in [3.8, 4) is 0 Å². The number of piperazine rings is 1. The van der Waals surface area contributed by atoms with Crippen molar-refractivity contribution in [1.29, 1.82) is 0 Å². The van der Waals surface area contributed by atoms with E-state index in [0.717, 1.165) is 11.3 Å². The number of methoxy groups -OCH3 is 1. The summed E-state index contributed by atoms with van der Waals surface area (Å²) in [5.41, 5.74) is 1.49. The Balaban J connectivity index is 1.74. The molecule has 184 valence electrons. The smallest absolute Gasteiger partial charge is 0.407 e. The topological polar surface area (TPSA) is 107 Å². The number of ether oxygens (including phenoxy) is 1. The maximum atomic E-state index is 14.4. The van der Waals surface area contributed by atoms with Crippen molar-refractivity contribution in [3.63, 3.8) is 0 Å². The highest BCUT2D eigenvalue weighted by molar-refractivity contribution is 5.99. The normalized spacial score (nSPS) is 20.7. The summed E-state index contributed by atoms with van der Waals surface area (Å²) in [7, 11) is 1.57. The molecule has 2 aromatic rings. The van der Waals surface area contributed by atoms with Crippen molar-refractivity contribution in [2.24, 2.45) is 0 Å². The van der Waals surface area contributed by atoms with Gasteiger partial charge in [-0.25, -0.2) is 14.0 Å². The molecule has 2 atom stereocenters. The van der Waals surface area contributed by atoms with E-state index in [1.54, 1.807) is 31.4 Å². The molecule has 9 nitrogen and oxygen atoms in total. The lowest BCUT2D eigenvalue weighted by molar-refractivity contribution is -0.0748. The third-order valence-corrected chi connectivity index (χ3v) is 6.55. The number of nitrogens with one attached hydrogen (secondary N) is 2. The van der Waals surface area contributed by atoms with Crippen LogP contribution in [0.5, 0.6) is 0 Å². The van der Waals surface area contributed by atoms with Gasteiger partial charge in [0.25, 0.3) is 0 Å². The molecule has 1 unspecified atom stereocenters. The van der Waals surface area contributed by atoms with Gasteiger partial charge in [-0.05, 0) is 50.1 Å². The van der Waals surface area contributed by atoms with Crippen molar-refractivity contribution in [1.82, 2.24) is 14.8 Å². The van der Waals surface area contributed by atoms with Crippen LogP contribution in [0.15, 0.2) is 36.5 Å². The Kier molecular flexibility index (Phi) is 8.06. The maximum absolute atomic E-state index is 14.4. The molecule has 1 aromatic heterocycles. The Morgan fingerprint density at radius 3 is 2.65 bits per heavy atom. The first-order valence-electron chi connectivity index (χ1n) is 11.2. The average Bonchev–Trinajstić information content (AvgIpc) is 2.80. The van der Waals surface area contributed by atoms with Gasteiger partial charge in [0.1, 0.15) is 5.82 Å². The van der Waals surface area contributed by atoms with E-state index in [2.05, 4.69) is 20.5 Å². The number of carbonyl (C=O) groups is 2. The van der Waals surface area contributed by atoms with E-state index in [-0.39, 0.29) is 18.3 Å². The molecule has 34 heavy (non-hydrogen) atoms. The lowest BCUT2D eigenvalue weighted by Crippen LogP contribution is -2.69. The van der Waals surface area contributed by atoms with Crippen LogP contribution in [0.1, 0.15) is 31.5 Å². The fourth-order valence-corrected chi connectivity index (χ4v) is 4.58. The van der Waals surface area contributed by atoms with Crippen LogP contribution < -0.4 is 10.6 Å². The van der Waals surface area contributed by atoms with E-state index >= 15 is 0 Å². The first-order chi connectivity index (χ1) is 16.2. The number of aromatic nitrogens is 1. The first-order valence-corrected chi connectivity index (χ1v) is 11.2. The van der Waals surface area contributed by atoms with E-state index in [9.17, 15) is 19.1 Å². The summed E-state index contributed by atoms with van der Waals surface area (Å²) in [5, 5.41) is 14.9. The molecule has 1 aliphatic rings. The second-order valence-electron chi connectivity index (χ2n) is 8.55. The lowest BCUT2D eigenvalue weighted by Gasteiger charge is -2.53. The molecule has 1 aliphatic heterocycles. The van der Waals surface area contributed by atoms with Crippen molar-refractivity contribution >= 4 is 23.5 Å². The van der Waals surface area contributed by atoms with Crippen LogP contribution in [0.2, 0.25) is 0 Å². The van der Waals surface area contributed by atoms with Gasteiger partial charge in [0, 0.05) is 38.5 Å². The zero-order valence-electron chi connectivity index (χ0n) is 20.0. The van der Waals surface area contributed by atoms with Gasteiger partial charge >= 0.3 is 12.1 Å². The van der Waals surface area contributed by atoms with E-state index in [1.165, 1.54) is 17.2 Å². The lowest BCUT2D eigenvalue weighted by atomic mass is 9.83. The number of carbonyl (C=O) groups excluding carboxylic acids is 1. The predicted molar refractivity (Wildman–Crippen MR) is 128 cm³/mol. The van der Waals surface area contributed by atoms with E-state index < -0.39 is 23.5 Å². The van der Waals surface area contributed by atoms with Crippen LogP contribution in [0.3, 0.4) is 0 Å².